The normalized spacial score (nSPS) is 24.5. The number of imidazole rings is 1. The van der Waals surface area contributed by atoms with E-state index in [0.29, 0.717) is 0 Å². The second-order valence-corrected chi connectivity index (χ2v) is 5.55. The summed E-state index contributed by atoms with van der Waals surface area (Å²) in [7, 11) is -0.964. The van der Waals surface area contributed by atoms with Gasteiger partial charge in [-0.25, -0.2) is 9.97 Å². The number of pyridine rings is 1. The molecule has 0 unspecified atom stereocenters. The van der Waals surface area contributed by atoms with Gasteiger partial charge in [-0.3, -0.25) is 4.57 Å². The molecule has 1 aliphatic heterocycles. The molecule has 0 spiro atoms. The van der Waals surface area contributed by atoms with E-state index in [0.717, 1.165) is 4.57 Å². The Bertz CT molecular complexity index is 886. The Balaban J connectivity index is 2.12. The van der Waals surface area contributed by atoms with Gasteiger partial charge in [-0.05, 0) is 39.8 Å². The molecule has 2 aromatic heterocycles. The zero-order chi connectivity index (χ0) is 19.6. The highest BCUT2D eigenvalue weighted by Gasteiger charge is 2.52. The van der Waals surface area contributed by atoms with Gasteiger partial charge in [0.2, 0.25) is 0 Å². The van der Waals surface area contributed by atoms with Gasteiger partial charge in [0, 0.05) is 12.3 Å². The number of hydrogen-bond donors (Lipinski definition) is 0. The molecular weight excluding hydrogens is 253 g/mol. The first kappa shape index (κ1) is 7.95. The fourth-order valence-electron chi connectivity index (χ4n) is 1.76. The standard InChI is InChI=1S/C14H18BN3O2/c1-13(2)14(3,4)20-15(19-13)11-9-18(10-17-11)12-7-5-6-8-16-12/h5-10H,1-4H3/i5D,6D,7D,8D,9D,10D. The van der Waals surface area contributed by atoms with E-state index in [9.17, 15) is 0 Å². The van der Waals surface area contributed by atoms with Crippen LogP contribution in [0, 0.1) is 0 Å². The van der Waals surface area contributed by atoms with Crippen molar-refractivity contribution >= 4 is 12.7 Å². The molecule has 0 atom stereocenters. The maximum absolute atomic E-state index is 8.35. The minimum absolute atomic E-state index is 0.0582. The summed E-state index contributed by atoms with van der Waals surface area (Å²) >= 11 is 0. The molecule has 104 valence electrons. The molecule has 1 fully saturated rings. The van der Waals surface area contributed by atoms with Crippen molar-refractivity contribution in [3.8, 4) is 5.82 Å². The molecule has 0 saturated carbocycles. The molecule has 0 amide bonds. The predicted molar refractivity (Wildman–Crippen MR) is 77.1 cm³/mol. The Morgan fingerprint density at radius 2 is 1.85 bits per heavy atom. The van der Waals surface area contributed by atoms with Gasteiger partial charge in [0.15, 0.2) is 0 Å². The highest BCUT2D eigenvalue weighted by molar-refractivity contribution is 6.61. The molecule has 5 nitrogen and oxygen atoms in total. The first-order valence-electron chi connectivity index (χ1n) is 9.23. The summed E-state index contributed by atoms with van der Waals surface area (Å²) in [6, 6.07) is -1.43. The van der Waals surface area contributed by atoms with Gasteiger partial charge in [0.25, 0.3) is 0 Å². The van der Waals surface area contributed by atoms with Crippen molar-refractivity contribution in [3.05, 3.63) is 36.8 Å². The van der Waals surface area contributed by atoms with Crippen LogP contribution in [0.5, 0.6) is 0 Å². The zero-order valence-electron chi connectivity index (χ0n) is 17.7. The number of aromatic nitrogens is 3. The summed E-state index contributed by atoms with van der Waals surface area (Å²) in [6.07, 6.45) is -1.17. The van der Waals surface area contributed by atoms with E-state index in [1.165, 1.54) is 0 Å². The maximum atomic E-state index is 8.35. The molecule has 0 aromatic carbocycles. The molecule has 3 heterocycles. The van der Waals surface area contributed by atoms with Crippen LogP contribution in [0.2, 0.25) is 0 Å². The van der Waals surface area contributed by atoms with Crippen LogP contribution in [-0.2, 0) is 9.31 Å². The SMILES string of the molecule is [2H]c1nc(-n2c([2H])nc(B3OC(C)(C)C(C)(C)O3)c2[2H])c([2H])c([2H])c1[2H]. The van der Waals surface area contributed by atoms with Crippen molar-refractivity contribution in [2.24, 2.45) is 0 Å². The Morgan fingerprint density at radius 1 is 1.15 bits per heavy atom. The van der Waals surface area contributed by atoms with E-state index in [1.807, 2.05) is 27.7 Å². The minimum Gasteiger partial charge on any atom is -0.398 e. The van der Waals surface area contributed by atoms with Crippen LogP contribution < -0.4 is 5.59 Å². The third-order valence-electron chi connectivity index (χ3n) is 3.64. The van der Waals surface area contributed by atoms with Gasteiger partial charge < -0.3 is 9.31 Å². The molecule has 0 radical (unpaired) electrons. The lowest BCUT2D eigenvalue weighted by atomic mass is 9.86. The van der Waals surface area contributed by atoms with Crippen molar-refractivity contribution < 1.29 is 17.5 Å². The predicted octanol–water partition coefficient (Wildman–Crippen LogP) is 1.57. The molecule has 3 rings (SSSR count). The van der Waals surface area contributed by atoms with E-state index < -0.39 is 48.9 Å². The summed E-state index contributed by atoms with van der Waals surface area (Å²) in [5, 5.41) is 0. The van der Waals surface area contributed by atoms with Crippen molar-refractivity contribution in [1.82, 2.24) is 14.5 Å². The Morgan fingerprint density at radius 3 is 2.55 bits per heavy atom. The van der Waals surface area contributed by atoms with Crippen LogP contribution in [0.3, 0.4) is 0 Å². The van der Waals surface area contributed by atoms with Crippen LogP contribution in [0.15, 0.2) is 36.8 Å². The van der Waals surface area contributed by atoms with Crippen LogP contribution in [0.1, 0.15) is 35.9 Å². The fourth-order valence-corrected chi connectivity index (χ4v) is 1.76. The largest absolute Gasteiger partial charge is 0.516 e. The molecule has 0 aliphatic carbocycles. The highest BCUT2D eigenvalue weighted by atomic mass is 16.7. The lowest BCUT2D eigenvalue weighted by Gasteiger charge is -2.32. The average molecular weight is 277 g/mol. The molecule has 20 heavy (non-hydrogen) atoms. The third-order valence-corrected chi connectivity index (χ3v) is 3.64. The van der Waals surface area contributed by atoms with Gasteiger partial charge >= 0.3 is 7.12 Å². The highest BCUT2D eigenvalue weighted by Crippen LogP contribution is 2.36. The summed E-state index contributed by atoms with van der Waals surface area (Å²) in [5.74, 6) is -0.263. The molecule has 1 aliphatic rings. The Hall–Kier alpha value is -1.66. The van der Waals surface area contributed by atoms with E-state index in [2.05, 4.69) is 9.97 Å². The van der Waals surface area contributed by atoms with Crippen molar-refractivity contribution in [1.29, 1.82) is 0 Å². The van der Waals surface area contributed by atoms with Gasteiger partial charge in [-0.2, -0.15) is 0 Å². The maximum Gasteiger partial charge on any atom is 0.516 e. The fraction of sp³-hybridized carbons (Fsp3) is 0.429. The van der Waals surface area contributed by atoms with Crippen molar-refractivity contribution in [3.63, 3.8) is 0 Å². The summed E-state index contributed by atoms with van der Waals surface area (Å²) < 4.78 is 60.0. The van der Waals surface area contributed by atoms with Crippen LogP contribution in [0.4, 0.5) is 0 Å². The lowest BCUT2D eigenvalue weighted by molar-refractivity contribution is 0.00578. The number of rotatable bonds is 2. The minimum atomic E-state index is -0.964. The van der Waals surface area contributed by atoms with E-state index in [4.69, 9.17) is 17.5 Å². The lowest BCUT2D eigenvalue weighted by Crippen LogP contribution is -2.41. The smallest absolute Gasteiger partial charge is 0.398 e. The first-order chi connectivity index (χ1) is 11.9. The first-order valence-corrected chi connectivity index (χ1v) is 6.23. The molecule has 0 N–H and O–H groups in total. The van der Waals surface area contributed by atoms with E-state index >= 15 is 0 Å². The topological polar surface area (TPSA) is 49.2 Å². The summed E-state index contributed by atoms with van der Waals surface area (Å²) in [6.45, 7) is 7.41. The molecule has 2 aromatic rings. The molecule has 6 heteroatoms. The van der Waals surface area contributed by atoms with Gasteiger partial charge in [-0.15, -0.1) is 0 Å². The summed E-state index contributed by atoms with van der Waals surface area (Å²) in [4.78, 5) is 7.82. The molecule has 0 bridgehead atoms. The summed E-state index contributed by atoms with van der Waals surface area (Å²) in [5.41, 5.74) is -1.24. The van der Waals surface area contributed by atoms with Crippen LogP contribution in [-0.4, -0.2) is 32.9 Å². The molecular formula is C14H18BN3O2. The van der Waals surface area contributed by atoms with Crippen LogP contribution >= 0.6 is 0 Å². The molecule has 1 saturated heterocycles. The van der Waals surface area contributed by atoms with E-state index in [1.54, 1.807) is 0 Å². The quantitative estimate of drug-likeness (QED) is 0.782. The number of nitrogens with zero attached hydrogens (tertiary/aromatic N) is 3. The monoisotopic (exact) mass is 277 g/mol. The van der Waals surface area contributed by atoms with Crippen molar-refractivity contribution in [2.45, 2.75) is 38.9 Å². The average Bonchev–Trinajstić information content (AvgIpc) is 2.93. The third kappa shape index (κ3) is 2.15. The van der Waals surface area contributed by atoms with Crippen molar-refractivity contribution in [2.75, 3.05) is 0 Å². The van der Waals surface area contributed by atoms with Gasteiger partial charge in [0.1, 0.15) is 7.19 Å². The van der Waals surface area contributed by atoms with Crippen LogP contribution in [0.25, 0.3) is 5.82 Å². The Kier molecular flexibility index (Phi) is 1.76. The zero-order valence-corrected chi connectivity index (χ0v) is 11.7. The van der Waals surface area contributed by atoms with E-state index in [-0.39, 0.29) is 17.6 Å². The number of hydrogen-bond acceptors (Lipinski definition) is 4. The van der Waals surface area contributed by atoms with Gasteiger partial charge in [-0.1, -0.05) is 6.04 Å². The second kappa shape index (κ2) is 4.43. The second-order valence-electron chi connectivity index (χ2n) is 5.55. The Labute approximate surface area is 127 Å². The van der Waals surface area contributed by atoms with Gasteiger partial charge in [0.05, 0.1) is 30.0 Å².